The van der Waals surface area contributed by atoms with Gasteiger partial charge in [0.15, 0.2) is 0 Å². The number of H-pyrrole nitrogens is 1. The molecule has 0 spiro atoms. The largest absolute Gasteiger partial charge is 0.369 e. The molecule has 0 radical (unpaired) electrons. The third-order valence-electron chi connectivity index (χ3n) is 2.42. The van der Waals surface area contributed by atoms with Crippen LogP contribution in [-0.4, -0.2) is 30.1 Å². The number of hydrogen-bond donors (Lipinski definition) is 3. The SMILES string of the molecule is CCCNc1ncc(S(=O)(=O)Nc2cn[nH]c2)cc1Cl. The van der Waals surface area contributed by atoms with Gasteiger partial charge >= 0.3 is 0 Å². The summed E-state index contributed by atoms with van der Waals surface area (Å²) < 4.78 is 26.6. The van der Waals surface area contributed by atoms with Crippen LogP contribution >= 0.6 is 11.6 Å². The number of rotatable bonds is 6. The molecule has 0 aliphatic carbocycles. The topological polar surface area (TPSA) is 99.8 Å². The summed E-state index contributed by atoms with van der Waals surface area (Å²) in [5, 5.41) is 9.45. The number of aromatic nitrogens is 3. The molecule has 0 aromatic carbocycles. The van der Waals surface area contributed by atoms with E-state index in [0.29, 0.717) is 18.1 Å². The van der Waals surface area contributed by atoms with Crippen molar-refractivity contribution < 1.29 is 8.42 Å². The Labute approximate surface area is 121 Å². The molecule has 0 aliphatic rings. The summed E-state index contributed by atoms with van der Waals surface area (Å²) in [7, 11) is -3.73. The van der Waals surface area contributed by atoms with E-state index in [2.05, 4.69) is 25.2 Å². The number of pyridine rings is 1. The Kier molecular flexibility index (Phi) is 4.46. The van der Waals surface area contributed by atoms with E-state index in [-0.39, 0.29) is 9.92 Å². The van der Waals surface area contributed by atoms with Crippen LogP contribution < -0.4 is 10.0 Å². The summed E-state index contributed by atoms with van der Waals surface area (Å²) >= 11 is 6.02. The monoisotopic (exact) mass is 315 g/mol. The Hall–Kier alpha value is -1.80. The summed E-state index contributed by atoms with van der Waals surface area (Å²) in [5.74, 6) is 0.468. The molecule has 0 saturated carbocycles. The fourth-order valence-corrected chi connectivity index (χ4v) is 2.76. The first-order valence-electron chi connectivity index (χ1n) is 5.94. The van der Waals surface area contributed by atoms with Gasteiger partial charge in [-0.15, -0.1) is 0 Å². The van der Waals surface area contributed by atoms with Crippen LogP contribution in [0.1, 0.15) is 13.3 Å². The number of nitrogens with one attached hydrogen (secondary N) is 3. The van der Waals surface area contributed by atoms with Gasteiger partial charge in [0.25, 0.3) is 10.0 Å². The van der Waals surface area contributed by atoms with Crippen LogP contribution in [0, 0.1) is 0 Å². The first-order chi connectivity index (χ1) is 9.53. The zero-order chi connectivity index (χ0) is 14.6. The second kappa shape index (κ2) is 6.10. The van der Waals surface area contributed by atoms with E-state index >= 15 is 0 Å². The second-order valence-electron chi connectivity index (χ2n) is 4.02. The molecule has 0 unspecified atom stereocenters. The molecule has 0 aliphatic heterocycles. The van der Waals surface area contributed by atoms with Crippen molar-refractivity contribution in [1.82, 2.24) is 15.2 Å². The van der Waals surface area contributed by atoms with Crippen LogP contribution in [0.3, 0.4) is 0 Å². The summed E-state index contributed by atoms with van der Waals surface area (Å²) in [4.78, 5) is 4.02. The van der Waals surface area contributed by atoms with Crippen molar-refractivity contribution in [3.05, 3.63) is 29.7 Å². The highest BCUT2D eigenvalue weighted by Gasteiger charge is 2.17. The maximum atomic E-state index is 12.1. The highest BCUT2D eigenvalue weighted by molar-refractivity contribution is 7.92. The fraction of sp³-hybridized carbons (Fsp3) is 0.273. The van der Waals surface area contributed by atoms with Crippen molar-refractivity contribution in [2.24, 2.45) is 0 Å². The molecule has 0 atom stereocenters. The third kappa shape index (κ3) is 3.40. The summed E-state index contributed by atoms with van der Waals surface area (Å²) in [6, 6.07) is 1.36. The van der Waals surface area contributed by atoms with Gasteiger partial charge in [-0.25, -0.2) is 13.4 Å². The zero-order valence-corrected chi connectivity index (χ0v) is 12.3. The van der Waals surface area contributed by atoms with Crippen molar-refractivity contribution in [3.63, 3.8) is 0 Å². The average molecular weight is 316 g/mol. The lowest BCUT2D eigenvalue weighted by Gasteiger charge is -2.09. The van der Waals surface area contributed by atoms with Crippen LogP contribution in [0.2, 0.25) is 5.02 Å². The predicted molar refractivity (Wildman–Crippen MR) is 77.4 cm³/mol. The first kappa shape index (κ1) is 14.6. The van der Waals surface area contributed by atoms with Gasteiger partial charge in [0.05, 0.1) is 16.9 Å². The molecule has 0 bridgehead atoms. The number of nitrogens with zero attached hydrogens (tertiary/aromatic N) is 2. The van der Waals surface area contributed by atoms with E-state index in [1.54, 1.807) is 0 Å². The van der Waals surface area contributed by atoms with Crippen LogP contribution in [0.15, 0.2) is 29.6 Å². The lowest BCUT2D eigenvalue weighted by Crippen LogP contribution is -2.13. The molecular formula is C11H14ClN5O2S. The van der Waals surface area contributed by atoms with E-state index < -0.39 is 10.0 Å². The van der Waals surface area contributed by atoms with Crippen molar-refractivity contribution in [3.8, 4) is 0 Å². The van der Waals surface area contributed by atoms with Gasteiger partial charge in [-0.2, -0.15) is 5.10 Å². The molecule has 2 aromatic heterocycles. The van der Waals surface area contributed by atoms with Crippen molar-refractivity contribution in [2.75, 3.05) is 16.6 Å². The minimum absolute atomic E-state index is 0.00857. The third-order valence-corrected chi connectivity index (χ3v) is 4.06. The predicted octanol–water partition coefficient (Wildman–Crippen LogP) is 2.08. The van der Waals surface area contributed by atoms with Crippen LogP contribution in [0.4, 0.5) is 11.5 Å². The number of halogens is 1. The lowest BCUT2D eigenvalue weighted by molar-refractivity contribution is 0.601. The molecule has 0 saturated heterocycles. The maximum absolute atomic E-state index is 12.1. The Morgan fingerprint density at radius 3 is 2.80 bits per heavy atom. The summed E-state index contributed by atoms with van der Waals surface area (Å²) in [6.07, 6.45) is 4.97. The zero-order valence-electron chi connectivity index (χ0n) is 10.7. The van der Waals surface area contributed by atoms with Crippen molar-refractivity contribution in [2.45, 2.75) is 18.2 Å². The molecule has 2 heterocycles. The second-order valence-corrected chi connectivity index (χ2v) is 6.11. The minimum Gasteiger partial charge on any atom is -0.369 e. The lowest BCUT2D eigenvalue weighted by atomic mass is 10.4. The van der Waals surface area contributed by atoms with Gasteiger partial charge in [-0.3, -0.25) is 9.82 Å². The van der Waals surface area contributed by atoms with Gasteiger partial charge in [0, 0.05) is 18.9 Å². The Bertz CT molecular complexity index is 672. The number of anilines is 2. The van der Waals surface area contributed by atoms with Crippen molar-refractivity contribution >= 4 is 33.1 Å². The molecule has 9 heteroatoms. The molecule has 7 nitrogen and oxygen atoms in total. The van der Waals surface area contributed by atoms with Gasteiger partial charge in [-0.05, 0) is 12.5 Å². The molecule has 2 rings (SSSR count). The number of sulfonamides is 1. The average Bonchev–Trinajstić information content (AvgIpc) is 2.89. The highest BCUT2D eigenvalue weighted by Crippen LogP contribution is 2.23. The van der Waals surface area contributed by atoms with E-state index in [4.69, 9.17) is 11.6 Å². The molecular weight excluding hydrogens is 302 g/mol. The number of hydrogen-bond acceptors (Lipinski definition) is 5. The van der Waals surface area contributed by atoms with Crippen LogP contribution in [0.5, 0.6) is 0 Å². The number of aromatic amines is 1. The smallest absolute Gasteiger partial charge is 0.263 e. The Morgan fingerprint density at radius 1 is 1.40 bits per heavy atom. The van der Waals surface area contributed by atoms with Gasteiger partial charge < -0.3 is 5.32 Å². The van der Waals surface area contributed by atoms with Gasteiger partial charge in [0.1, 0.15) is 10.7 Å². The summed E-state index contributed by atoms with van der Waals surface area (Å²) in [5.41, 5.74) is 0.342. The van der Waals surface area contributed by atoms with Crippen LogP contribution in [0.25, 0.3) is 0 Å². The highest BCUT2D eigenvalue weighted by atomic mass is 35.5. The van der Waals surface area contributed by atoms with Gasteiger partial charge in [-0.1, -0.05) is 18.5 Å². The molecule has 2 aromatic rings. The molecule has 3 N–H and O–H groups in total. The van der Waals surface area contributed by atoms with Gasteiger partial charge in [0.2, 0.25) is 0 Å². The van der Waals surface area contributed by atoms with E-state index in [0.717, 1.165) is 6.42 Å². The molecule has 0 fully saturated rings. The Balaban J connectivity index is 2.22. The molecule has 0 amide bonds. The maximum Gasteiger partial charge on any atom is 0.263 e. The van der Waals surface area contributed by atoms with E-state index in [1.165, 1.54) is 24.7 Å². The van der Waals surface area contributed by atoms with Crippen molar-refractivity contribution in [1.29, 1.82) is 0 Å². The van der Waals surface area contributed by atoms with E-state index in [1.807, 2.05) is 6.92 Å². The minimum atomic E-state index is -3.73. The van der Waals surface area contributed by atoms with E-state index in [9.17, 15) is 8.42 Å². The molecule has 20 heavy (non-hydrogen) atoms. The first-order valence-corrected chi connectivity index (χ1v) is 7.80. The van der Waals surface area contributed by atoms with Crippen LogP contribution in [-0.2, 0) is 10.0 Å². The normalized spacial score (nSPS) is 11.3. The quantitative estimate of drug-likeness (QED) is 0.758. The summed E-state index contributed by atoms with van der Waals surface area (Å²) in [6.45, 7) is 2.72. The standard InChI is InChI=1S/C11H14ClN5O2S/c1-2-3-13-11-10(12)4-9(7-14-11)20(18,19)17-8-5-15-16-6-8/h4-7,17H,2-3H2,1H3,(H,13,14)(H,15,16). The Morgan fingerprint density at radius 2 is 2.20 bits per heavy atom. The fourth-order valence-electron chi connectivity index (χ4n) is 1.46. The molecule has 108 valence electrons.